The maximum atomic E-state index is 5.21. The Hall–Kier alpha value is -1.00. The summed E-state index contributed by atoms with van der Waals surface area (Å²) < 4.78 is 0. The average Bonchev–Trinajstić information content (AvgIpc) is 2.15. The van der Waals surface area contributed by atoms with E-state index in [2.05, 4.69) is 17.0 Å². The van der Waals surface area contributed by atoms with Crippen molar-refractivity contribution in [1.82, 2.24) is 4.98 Å². The van der Waals surface area contributed by atoms with Crippen LogP contribution >= 0.6 is 11.8 Å². The van der Waals surface area contributed by atoms with E-state index >= 15 is 0 Å². The zero-order valence-electron chi connectivity index (χ0n) is 6.66. The first-order chi connectivity index (χ1) is 5.86. The third-order valence-corrected chi connectivity index (χ3v) is 2.15. The van der Waals surface area contributed by atoms with Crippen LogP contribution in [0.2, 0.25) is 0 Å². The first kappa shape index (κ1) is 9.09. The van der Waals surface area contributed by atoms with E-state index in [-0.39, 0.29) is 0 Å². The number of nitrogens with zero attached hydrogens (tertiary/aromatic N) is 1. The van der Waals surface area contributed by atoms with Gasteiger partial charge < -0.3 is 5.43 Å². The Kier molecular flexibility index (Phi) is 3.63. The molecule has 12 heavy (non-hydrogen) atoms. The van der Waals surface area contributed by atoms with Crippen molar-refractivity contribution in [3.05, 3.63) is 30.9 Å². The number of nitrogen functional groups attached to an aromatic ring is 1. The number of aromatic nitrogens is 1. The van der Waals surface area contributed by atoms with Gasteiger partial charge in [0.2, 0.25) is 0 Å². The summed E-state index contributed by atoms with van der Waals surface area (Å²) in [7, 11) is 0. The molecule has 1 aromatic rings. The van der Waals surface area contributed by atoms with Gasteiger partial charge in [0.1, 0.15) is 5.82 Å². The third-order valence-electron chi connectivity index (χ3n) is 1.22. The summed E-state index contributed by atoms with van der Waals surface area (Å²) in [6, 6.07) is 5.67. The molecule has 0 aliphatic heterocycles. The summed E-state index contributed by atoms with van der Waals surface area (Å²) >= 11 is 1.63. The highest BCUT2D eigenvalue weighted by Gasteiger charge is 1.94. The van der Waals surface area contributed by atoms with E-state index in [1.807, 2.05) is 24.3 Å². The van der Waals surface area contributed by atoms with Crippen LogP contribution in [0.4, 0.5) is 5.82 Å². The van der Waals surface area contributed by atoms with Crippen molar-refractivity contribution in [2.24, 2.45) is 5.84 Å². The van der Waals surface area contributed by atoms with Crippen molar-refractivity contribution in [1.29, 1.82) is 0 Å². The first-order valence-corrected chi connectivity index (χ1v) is 4.52. The lowest BCUT2D eigenvalue weighted by molar-refractivity contribution is 1.11. The molecule has 0 saturated heterocycles. The molecular formula is C8H11N3S. The minimum absolute atomic E-state index is 0.684. The van der Waals surface area contributed by atoms with E-state index in [0.29, 0.717) is 5.82 Å². The fourth-order valence-corrected chi connectivity index (χ4v) is 1.35. The smallest absolute Gasteiger partial charge is 0.141 e. The largest absolute Gasteiger partial charge is 0.308 e. The summed E-state index contributed by atoms with van der Waals surface area (Å²) in [5.41, 5.74) is 2.49. The minimum Gasteiger partial charge on any atom is -0.308 e. The van der Waals surface area contributed by atoms with Crippen LogP contribution < -0.4 is 11.3 Å². The van der Waals surface area contributed by atoms with Gasteiger partial charge in [0.15, 0.2) is 0 Å². The number of anilines is 1. The topological polar surface area (TPSA) is 50.9 Å². The molecule has 0 spiro atoms. The van der Waals surface area contributed by atoms with Crippen molar-refractivity contribution in [2.45, 2.75) is 5.03 Å². The van der Waals surface area contributed by atoms with E-state index in [4.69, 9.17) is 5.84 Å². The Bertz CT molecular complexity index is 262. The second kappa shape index (κ2) is 4.79. The third kappa shape index (κ3) is 2.56. The molecule has 0 saturated carbocycles. The maximum absolute atomic E-state index is 5.21. The molecule has 0 bridgehead atoms. The standard InChI is InChI=1S/C8H11N3S/c1-2-6-12-8-5-3-4-7(10-8)11-9/h2-5H,1,6,9H2,(H,10,11). The lowest BCUT2D eigenvalue weighted by Gasteiger charge is -2.00. The van der Waals surface area contributed by atoms with Crippen LogP contribution in [0.1, 0.15) is 0 Å². The van der Waals surface area contributed by atoms with Gasteiger partial charge in [0.25, 0.3) is 0 Å². The van der Waals surface area contributed by atoms with Gasteiger partial charge in [-0.25, -0.2) is 10.8 Å². The average molecular weight is 181 g/mol. The Labute approximate surface area is 76.0 Å². The normalized spacial score (nSPS) is 9.42. The van der Waals surface area contributed by atoms with Gasteiger partial charge in [-0.3, -0.25) is 0 Å². The van der Waals surface area contributed by atoms with Crippen LogP contribution in [0.15, 0.2) is 35.9 Å². The van der Waals surface area contributed by atoms with E-state index in [0.717, 1.165) is 10.8 Å². The molecule has 1 aromatic heterocycles. The number of hydrogen-bond donors (Lipinski definition) is 2. The minimum atomic E-state index is 0.684. The van der Waals surface area contributed by atoms with Crippen molar-refractivity contribution < 1.29 is 0 Å². The van der Waals surface area contributed by atoms with E-state index < -0.39 is 0 Å². The number of pyridine rings is 1. The number of hydrogen-bond acceptors (Lipinski definition) is 4. The zero-order chi connectivity index (χ0) is 8.81. The van der Waals surface area contributed by atoms with Crippen LogP contribution in [-0.4, -0.2) is 10.7 Å². The van der Waals surface area contributed by atoms with Gasteiger partial charge >= 0.3 is 0 Å². The monoisotopic (exact) mass is 181 g/mol. The summed E-state index contributed by atoms with van der Waals surface area (Å²) in [6.45, 7) is 3.63. The van der Waals surface area contributed by atoms with Crippen molar-refractivity contribution in [3.8, 4) is 0 Å². The molecule has 1 heterocycles. The van der Waals surface area contributed by atoms with Gasteiger partial charge in [0.05, 0.1) is 5.03 Å². The number of nitrogens with one attached hydrogen (secondary N) is 1. The Balaban J connectivity index is 2.65. The van der Waals surface area contributed by atoms with Crippen LogP contribution in [0, 0.1) is 0 Å². The number of thioether (sulfide) groups is 1. The number of rotatable bonds is 4. The van der Waals surface area contributed by atoms with Gasteiger partial charge in [-0.05, 0) is 12.1 Å². The Morgan fingerprint density at radius 2 is 2.50 bits per heavy atom. The van der Waals surface area contributed by atoms with Crippen molar-refractivity contribution in [3.63, 3.8) is 0 Å². The van der Waals surface area contributed by atoms with Crippen LogP contribution in [-0.2, 0) is 0 Å². The highest BCUT2D eigenvalue weighted by Crippen LogP contribution is 2.16. The number of hydrazine groups is 1. The highest BCUT2D eigenvalue weighted by molar-refractivity contribution is 7.99. The maximum Gasteiger partial charge on any atom is 0.141 e. The molecule has 0 atom stereocenters. The summed E-state index contributed by atoms with van der Waals surface area (Å²) in [5, 5.41) is 0.949. The second-order valence-corrected chi connectivity index (χ2v) is 3.15. The zero-order valence-corrected chi connectivity index (χ0v) is 7.47. The second-order valence-electron chi connectivity index (χ2n) is 2.11. The molecule has 0 amide bonds. The number of nitrogens with two attached hydrogens (primary N) is 1. The van der Waals surface area contributed by atoms with Crippen LogP contribution in [0.3, 0.4) is 0 Å². The molecular weight excluding hydrogens is 170 g/mol. The first-order valence-electron chi connectivity index (χ1n) is 3.54. The molecule has 0 unspecified atom stereocenters. The molecule has 0 aliphatic rings. The van der Waals surface area contributed by atoms with E-state index in [1.54, 1.807) is 11.8 Å². The van der Waals surface area contributed by atoms with Gasteiger partial charge in [-0.1, -0.05) is 12.1 Å². The molecule has 64 valence electrons. The predicted molar refractivity (Wildman–Crippen MR) is 53.0 cm³/mol. The molecule has 3 nitrogen and oxygen atoms in total. The Morgan fingerprint density at radius 1 is 1.67 bits per heavy atom. The van der Waals surface area contributed by atoms with Gasteiger partial charge in [0, 0.05) is 5.75 Å². The molecule has 0 fully saturated rings. The van der Waals surface area contributed by atoms with Crippen LogP contribution in [0.25, 0.3) is 0 Å². The van der Waals surface area contributed by atoms with E-state index in [1.165, 1.54) is 0 Å². The fourth-order valence-electron chi connectivity index (χ4n) is 0.720. The lowest BCUT2D eigenvalue weighted by atomic mass is 10.5. The summed E-state index contributed by atoms with van der Waals surface area (Å²) in [5.74, 6) is 6.75. The highest BCUT2D eigenvalue weighted by atomic mass is 32.2. The molecule has 0 aromatic carbocycles. The summed E-state index contributed by atoms with van der Waals surface area (Å²) in [4.78, 5) is 4.21. The molecule has 3 N–H and O–H groups in total. The molecule has 0 radical (unpaired) electrons. The molecule has 4 heteroatoms. The fraction of sp³-hybridized carbons (Fsp3) is 0.125. The molecule has 0 aliphatic carbocycles. The van der Waals surface area contributed by atoms with Gasteiger partial charge in [-0.2, -0.15) is 0 Å². The predicted octanol–water partition coefficient (Wildman–Crippen LogP) is 1.65. The SMILES string of the molecule is C=CCSc1cccc(NN)n1. The quantitative estimate of drug-likeness (QED) is 0.321. The summed E-state index contributed by atoms with van der Waals surface area (Å²) in [6.07, 6.45) is 1.84. The van der Waals surface area contributed by atoms with Crippen LogP contribution in [0.5, 0.6) is 0 Å². The van der Waals surface area contributed by atoms with E-state index in [9.17, 15) is 0 Å². The van der Waals surface area contributed by atoms with Crippen molar-refractivity contribution >= 4 is 17.6 Å². The Morgan fingerprint density at radius 3 is 3.17 bits per heavy atom. The van der Waals surface area contributed by atoms with Gasteiger partial charge in [-0.15, -0.1) is 18.3 Å². The molecule has 1 rings (SSSR count). The lowest BCUT2D eigenvalue weighted by Crippen LogP contribution is -2.08. The van der Waals surface area contributed by atoms with Crippen molar-refractivity contribution in [2.75, 3.05) is 11.2 Å².